The third-order valence-electron chi connectivity index (χ3n) is 4.78. The number of hydrogen-bond donors (Lipinski definition) is 1. The van der Waals surface area contributed by atoms with Crippen molar-refractivity contribution in [1.82, 2.24) is 4.90 Å². The van der Waals surface area contributed by atoms with Gasteiger partial charge in [0.2, 0.25) is 0 Å². The van der Waals surface area contributed by atoms with Crippen molar-refractivity contribution in [3.05, 3.63) is 29.3 Å². The first-order chi connectivity index (χ1) is 10.9. The smallest absolute Gasteiger partial charge is 0.336 e. The van der Waals surface area contributed by atoms with E-state index in [1.807, 2.05) is 6.07 Å². The molecule has 126 valence electrons. The second-order valence-electron chi connectivity index (χ2n) is 6.86. The van der Waals surface area contributed by atoms with Crippen LogP contribution in [0.4, 0.5) is 0 Å². The van der Waals surface area contributed by atoms with Gasteiger partial charge in [0.15, 0.2) is 0 Å². The molecule has 2 fully saturated rings. The molecule has 5 nitrogen and oxygen atoms in total. The molecule has 2 atom stereocenters. The second kappa shape index (κ2) is 6.49. The summed E-state index contributed by atoms with van der Waals surface area (Å²) in [5.74, 6) is -0.254. The van der Waals surface area contributed by atoms with E-state index in [1.165, 1.54) is 0 Å². The second-order valence-corrected chi connectivity index (χ2v) is 6.86. The normalized spacial score (nSPS) is 31.4. The average Bonchev–Trinajstić information content (AvgIpc) is 2.42. The lowest BCUT2D eigenvalue weighted by molar-refractivity contribution is -0.103. The predicted octanol–water partition coefficient (Wildman–Crippen LogP) is 2.71. The van der Waals surface area contributed by atoms with Gasteiger partial charge in [0.1, 0.15) is 11.9 Å². The van der Waals surface area contributed by atoms with Crippen LogP contribution in [-0.2, 0) is 4.74 Å². The van der Waals surface area contributed by atoms with Crippen molar-refractivity contribution in [2.75, 3.05) is 13.1 Å². The number of aryl methyl sites for hydroxylation is 1. The van der Waals surface area contributed by atoms with Gasteiger partial charge in [-0.15, -0.1) is 0 Å². The minimum atomic E-state index is -0.907. The summed E-state index contributed by atoms with van der Waals surface area (Å²) >= 11 is 0. The molecule has 3 rings (SSSR count). The maximum absolute atomic E-state index is 11.2. The number of carboxylic acids is 1. The quantitative estimate of drug-likeness (QED) is 0.924. The van der Waals surface area contributed by atoms with Gasteiger partial charge < -0.3 is 14.6 Å². The fourth-order valence-corrected chi connectivity index (χ4v) is 3.55. The highest BCUT2D eigenvalue weighted by molar-refractivity contribution is 5.89. The highest BCUT2D eigenvalue weighted by atomic mass is 16.5. The van der Waals surface area contributed by atoms with Gasteiger partial charge >= 0.3 is 5.97 Å². The first-order valence-electron chi connectivity index (χ1n) is 8.32. The molecule has 0 aromatic heterocycles. The number of carboxylic acid groups (broad SMARTS) is 1. The Morgan fingerprint density at radius 3 is 2.52 bits per heavy atom. The minimum Gasteiger partial charge on any atom is -0.490 e. The zero-order valence-corrected chi connectivity index (χ0v) is 14.0. The summed E-state index contributed by atoms with van der Waals surface area (Å²) in [6.07, 6.45) is 2.74. The van der Waals surface area contributed by atoms with Crippen molar-refractivity contribution >= 4 is 5.97 Å². The number of benzene rings is 1. The number of carbonyl (C=O) groups is 1. The van der Waals surface area contributed by atoms with Crippen LogP contribution in [0.15, 0.2) is 18.2 Å². The van der Waals surface area contributed by atoms with Gasteiger partial charge in [0.05, 0.1) is 17.8 Å². The van der Waals surface area contributed by atoms with E-state index in [9.17, 15) is 9.90 Å². The lowest BCUT2D eigenvalue weighted by Gasteiger charge is -2.46. The van der Waals surface area contributed by atoms with Crippen LogP contribution in [-0.4, -0.2) is 53.4 Å². The van der Waals surface area contributed by atoms with Crippen LogP contribution in [0.5, 0.6) is 5.75 Å². The molecule has 1 heterocycles. The van der Waals surface area contributed by atoms with Gasteiger partial charge in [-0.2, -0.15) is 0 Å². The van der Waals surface area contributed by atoms with E-state index in [2.05, 4.69) is 18.7 Å². The number of nitrogens with zero attached hydrogens (tertiary/aromatic N) is 1. The van der Waals surface area contributed by atoms with Gasteiger partial charge in [-0.1, -0.05) is 6.07 Å². The van der Waals surface area contributed by atoms with Crippen LogP contribution in [0.25, 0.3) is 0 Å². The molecule has 1 aromatic rings. The molecule has 1 aliphatic heterocycles. The number of morpholine rings is 1. The number of ether oxygens (including phenoxy) is 2. The molecule has 1 saturated heterocycles. The molecule has 5 heteroatoms. The highest BCUT2D eigenvalue weighted by Crippen LogP contribution is 2.32. The summed E-state index contributed by atoms with van der Waals surface area (Å²) in [4.78, 5) is 13.7. The van der Waals surface area contributed by atoms with E-state index < -0.39 is 5.97 Å². The van der Waals surface area contributed by atoms with E-state index >= 15 is 0 Å². The van der Waals surface area contributed by atoms with Crippen LogP contribution in [0.2, 0.25) is 0 Å². The SMILES string of the molecule is Cc1ccc(OC2CC(N3C[C@@H](C)O[C@@H](C)C3)C2)cc1C(=O)O. The molecule has 0 radical (unpaired) electrons. The molecule has 2 aliphatic rings. The van der Waals surface area contributed by atoms with Crippen LogP contribution < -0.4 is 4.74 Å². The predicted molar refractivity (Wildman–Crippen MR) is 87.2 cm³/mol. The van der Waals surface area contributed by atoms with Crippen LogP contribution >= 0.6 is 0 Å². The Bertz CT molecular complexity index is 572. The lowest BCUT2D eigenvalue weighted by atomic mass is 9.87. The molecule has 1 N–H and O–H groups in total. The number of hydrogen-bond acceptors (Lipinski definition) is 4. The Labute approximate surface area is 137 Å². The molecule has 1 aromatic carbocycles. The summed E-state index contributed by atoms with van der Waals surface area (Å²) in [5, 5.41) is 9.18. The Hall–Kier alpha value is -1.59. The molecule has 23 heavy (non-hydrogen) atoms. The summed E-state index contributed by atoms with van der Waals surface area (Å²) < 4.78 is 11.7. The third-order valence-corrected chi connectivity index (χ3v) is 4.78. The Morgan fingerprint density at radius 1 is 1.26 bits per heavy atom. The fourth-order valence-electron chi connectivity index (χ4n) is 3.55. The molecule has 0 spiro atoms. The molecule has 1 saturated carbocycles. The molecule has 0 unspecified atom stereocenters. The van der Waals surface area contributed by atoms with E-state index in [0.29, 0.717) is 17.4 Å². The average molecular weight is 319 g/mol. The molecule has 1 aliphatic carbocycles. The summed E-state index contributed by atoms with van der Waals surface area (Å²) in [6.45, 7) is 8.00. The lowest BCUT2D eigenvalue weighted by Crippen LogP contribution is -2.56. The zero-order valence-electron chi connectivity index (χ0n) is 14.0. The summed E-state index contributed by atoms with van der Waals surface area (Å²) in [7, 11) is 0. The van der Waals surface area contributed by atoms with Gasteiger partial charge in [0, 0.05) is 32.0 Å². The first kappa shape index (κ1) is 16.3. The molecular formula is C18H25NO4. The van der Waals surface area contributed by atoms with Gasteiger partial charge in [-0.05, 0) is 38.5 Å². The Balaban J connectivity index is 1.54. The van der Waals surface area contributed by atoms with Crippen molar-refractivity contribution in [3.63, 3.8) is 0 Å². The van der Waals surface area contributed by atoms with Crippen molar-refractivity contribution in [3.8, 4) is 5.75 Å². The Kier molecular flexibility index (Phi) is 4.60. The summed E-state index contributed by atoms with van der Waals surface area (Å²) in [6, 6.07) is 5.84. The zero-order chi connectivity index (χ0) is 16.6. The van der Waals surface area contributed by atoms with E-state index in [0.717, 1.165) is 31.5 Å². The van der Waals surface area contributed by atoms with Gasteiger partial charge in [-0.3, -0.25) is 4.90 Å². The van der Waals surface area contributed by atoms with Crippen molar-refractivity contribution in [2.24, 2.45) is 0 Å². The molecular weight excluding hydrogens is 294 g/mol. The fraction of sp³-hybridized carbons (Fsp3) is 0.611. The van der Waals surface area contributed by atoms with Crippen LogP contribution in [0.3, 0.4) is 0 Å². The van der Waals surface area contributed by atoms with E-state index in [-0.39, 0.29) is 18.3 Å². The van der Waals surface area contributed by atoms with Crippen molar-refractivity contribution in [1.29, 1.82) is 0 Å². The van der Waals surface area contributed by atoms with Gasteiger partial charge in [0.25, 0.3) is 0 Å². The minimum absolute atomic E-state index is 0.179. The molecule has 0 amide bonds. The first-order valence-corrected chi connectivity index (χ1v) is 8.32. The monoisotopic (exact) mass is 319 g/mol. The van der Waals surface area contributed by atoms with Gasteiger partial charge in [-0.25, -0.2) is 4.79 Å². The van der Waals surface area contributed by atoms with Crippen molar-refractivity contribution < 1.29 is 19.4 Å². The van der Waals surface area contributed by atoms with Crippen molar-refractivity contribution in [2.45, 2.75) is 58.0 Å². The maximum Gasteiger partial charge on any atom is 0.336 e. The Morgan fingerprint density at radius 2 is 1.91 bits per heavy atom. The number of aromatic carboxylic acids is 1. The standard InChI is InChI=1S/C18H25NO4/c1-11-4-5-15(8-17(11)18(20)21)23-16-6-14(7-16)19-9-12(2)22-13(3)10-19/h4-5,8,12-14,16H,6-7,9-10H2,1-3H3,(H,20,21)/t12-,13+,14?,16?. The largest absolute Gasteiger partial charge is 0.490 e. The highest BCUT2D eigenvalue weighted by Gasteiger charge is 2.38. The van der Waals surface area contributed by atoms with Crippen LogP contribution in [0, 0.1) is 6.92 Å². The topological polar surface area (TPSA) is 59.0 Å². The molecule has 0 bridgehead atoms. The van der Waals surface area contributed by atoms with Crippen LogP contribution in [0.1, 0.15) is 42.6 Å². The number of rotatable bonds is 4. The maximum atomic E-state index is 11.2. The van der Waals surface area contributed by atoms with E-state index in [4.69, 9.17) is 9.47 Å². The van der Waals surface area contributed by atoms with E-state index in [1.54, 1.807) is 19.1 Å². The third kappa shape index (κ3) is 3.67. The summed E-state index contributed by atoms with van der Waals surface area (Å²) in [5.41, 5.74) is 1.07.